The third-order valence-corrected chi connectivity index (χ3v) is 5.67. The van der Waals surface area contributed by atoms with E-state index in [0.717, 1.165) is 5.56 Å². The van der Waals surface area contributed by atoms with Crippen LogP contribution in [0.25, 0.3) is 0 Å². The van der Waals surface area contributed by atoms with Gasteiger partial charge in [-0.3, -0.25) is 9.59 Å². The molecular formula is C18H22ClN3O4. The van der Waals surface area contributed by atoms with Crippen LogP contribution in [0, 0.1) is 0 Å². The highest BCUT2D eigenvalue weighted by molar-refractivity contribution is 6.30. The lowest BCUT2D eigenvalue weighted by atomic mass is 9.67. The Morgan fingerprint density at radius 1 is 1.35 bits per heavy atom. The van der Waals surface area contributed by atoms with Crippen LogP contribution in [0.15, 0.2) is 24.3 Å². The first kappa shape index (κ1) is 18.5. The summed E-state index contributed by atoms with van der Waals surface area (Å²) in [5.74, 6) is -0.197. The standard InChI is InChI=1S/C18H22ClN3O4/c19-13-3-1-2-12(8-13)18(11-21-17(25)26)6-4-14(5-7-18)22-10-15(23)20-9-16(22)24/h1-3,8,14,21H,4-7,9-11H2,(H,20,23)(H,25,26). The smallest absolute Gasteiger partial charge is 0.404 e. The average molecular weight is 380 g/mol. The fourth-order valence-corrected chi connectivity index (χ4v) is 4.20. The van der Waals surface area contributed by atoms with Gasteiger partial charge in [0.05, 0.1) is 13.1 Å². The van der Waals surface area contributed by atoms with Crippen LogP contribution in [0.1, 0.15) is 31.2 Å². The Hall–Kier alpha value is -2.28. The van der Waals surface area contributed by atoms with E-state index >= 15 is 0 Å². The summed E-state index contributed by atoms with van der Waals surface area (Å²) in [6.07, 6.45) is 1.80. The van der Waals surface area contributed by atoms with Crippen molar-refractivity contribution in [1.29, 1.82) is 0 Å². The summed E-state index contributed by atoms with van der Waals surface area (Å²) in [5, 5.41) is 14.7. The van der Waals surface area contributed by atoms with E-state index in [-0.39, 0.29) is 36.4 Å². The van der Waals surface area contributed by atoms with Crippen LogP contribution in [-0.2, 0) is 15.0 Å². The Morgan fingerprint density at radius 2 is 2.08 bits per heavy atom. The zero-order valence-corrected chi connectivity index (χ0v) is 15.1. The first-order valence-corrected chi connectivity index (χ1v) is 9.06. The normalized spacial score (nSPS) is 26.3. The Kier molecular flexibility index (Phi) is 5.36. The maximum atomic E-state index is 12.1. The number of amides is 3. The van der Waals surface area contributed by atoms with Gasteiger partial charge in [0.15, 0.2) is 0 Å². The van der Waals surface area contributed by atoms with Gasteiger partial charge in [-0.15, -0.1) is 0 Å². The molecule has 0 bridgehead atoms. The maximum absolute atomic E-state index is 12.1. The molecule has 1 aromatic carbocycles. The molecule has 3 N–H and O–H groups in total. The molecule has 7 nitrogen and oxygen atoms in total. The molecule has 0 radical (unpaired) electrons. The summed E-state index contributed by atoms with van der Waals surface area (Å²) in [5.41, 5.74) is 0.640. The minimum absolute atomic E-state index is 0.00527. The molecule has 1 aliphatic heterocycles. The fraction of sp³-hybridized carbons (Fsp3) is 0.500. The van der Waals surface area contributed by atoms with Crippen molar-refractivity contribution >= 4 is 29.5 Å². The van der Waals surface area contributed by atoms with Gasteiger partial charge < -0.3 is 20.6 Å². The van der Waals surface area contributed by atoms with Gasteiger partial charge >= 0.3 is 6.09 Å². The molecule has 3 amide bonds. The maximum Gasteiger partial charge on any atom is 0.404 e. The molecule has 1 aromatic rings. The minimum Gasteiger partial charge on any atom is -0.465 e. The molecule has 0 aromatic heterocycles. The largest absolute Gasteiger partial charge is 0.465 e. The minimum atomic E-state index is -1.06. The Morgan fingerprint density at radius 3 is 2.73 bits per heavy atom. The number of nitrogens with zero attached hydrogens (tertiary/aromatic N) is 1. The zero-order chi connectivity index (χ0) is 18.7. The van der Waals surface area contributed by atoms with Crippen molar-refractivity contribution in [1.82, 2.24) is 15.5 Å². The van der Waals surface area contributed by atoms with Crippen molar-refractivity contribution < 1.29 is 19.5 Å². The number of carbonyl (C=O) groups excluding carboxylic acids is 2. The van der Waals surface area contributed by atoms with Crippen molar-refractivity contribution in [2.45, 2.75) is 37.1 Å². The van der Waals surface area contributed by atoms with E-state index in [2.05, 4.69) is 10.6 Å². The molecule has 2 aliphatic rings. The van der Waals surface area contributed by atoms with E-state index in [9.17, 15) is 14.4 Å². The quantitative estimate of drug-likeness (QED) is 0.742. The van der Waals surface area contributed by atoms with Crippen molar-refractivity contribution in [2.75, 3.05) is 19.6 Å². The van der Waals surface area contributed by atoms with Crippen molar-refractivity contribution in [3.05, 3.63) is 34.9 Å². The van der Waals surface area contributed by atoms with Crippen LogP contribution >= 0.6 is 11.6 Å². The number of carbonyl (C=O) groups is 3. The summed E-state index contributed by atoms with van der Waals surface area (Å²) in [6.45, 7) is 0.445. The summed E-state index contributed by atoms with van der Waals surface area (Å²) in [7, 11) is 0. The van der Waals surface area contributed by atoms with Gasteiger partial charge in [-0.25, -0.2) is 4.79 Å². The number of piperazine rings is 1. The predicted molar refractivity (Wildman–Crippen MR) is 96.1 cm³/mol. The Bertz CT molecular complexity index is 716. The van der Waals surface area contributed by atoms with Crippen LogP contribution in [0.5, 0.6) is 0 Å². The highest BCUT2D eigenvalue weighted by Gasteiger charge is 2.40. The van der Waals surface area contributed by atoms with Gasteiger partial charge in [-0.05, 0) is 43.4 Å². The van der Waals surface area contributed by atoms with Gasteiger partial charge in [0.25, 0.3) is 0 Å². The lowest BCUT2D eigenvalue weighted by Gasteiger charge is -2.44. The first-order valence-electron chi connectivity index (χ1n) is 8.69. The van der Waals surface area contributed by atoms with Gasteiger partial charge in [0, 0.05) is 23.0 Å². The molecule has 1 aliphatic carbocycles. The number of rotatable bonds is 4. The highest BCUT2D eigenvalue weighted by Crippen LogP contribution is 2.41. The van der Waals surface area contributed by atoms with Gasteiger partial charge in [0.1, 0.15) is 0 Å². The molecule has 26 heavy (non-hydrogen) atoms. The number of carboxylic acid groups (broad SMARTS) is 1. The van der Waals surface area contributed by atoms with Crippen LogP contribution in [-0.4, -0.2) is 53.6 Å². The monoisotopic (exact) mass is 379 g/mol. The van der Waals surface area contributed by atoms with Crippen LogP contribution in [0.2, 0.25) is 5.02 Å². The fourth-order valence-electron chi connectivity index (χ4n) is 4.00. The summed E-state index contributed by atoms with van der Waals surface area (Å²) >= 11 is 6.14. The van der Waals surface area contributed by atoms with Crippen molar-refractivity contribution in [3.63, 3.8) is 0 Å². The number of hydrogen-bond donors (Lipinski definition) is 3. The third kappa shape index (κ3) is 3.93. The molecular weight excluding hydrogens is 358 g/mol. The SMILES string of the molecule is O=C(O)NCC1(c2cccc(Cl)c2)CCC(N2CC(=O)NCC2=O)CC1. The molecule has 0 unspecified atom stereocenters. The highest BCUT2D eigenvalue weighted by atomic mass is 35.5. The van der Waals surface area contributed by atoms with E-state index in [4.69, 9.17) is 16.7 Å². The van der Waals surface area contributed by atoms with Crippen molar-refractivity contribution in [3.8, 4) is 0 Å². The molecule has 3 rings (SSSR count). The molecule has 2 fully saturated rings. The third-order valence-electron chi connectivity index (χ3n) is 5.44. The van der Waals surface area contributed by atoms with Crippen LogP contribution in [0.4, 0.5) is 4.79 Å². The number of benzene rings is 1. The summed E-state index contributed by atoms with van der Waals surface area (Å²) in [4.78, 5) is 36.5. The first-order chi connectivity index (χ1) is 12.4. The molecule has 1 heterocycles. The molecule has 8 heteroatoms. The van der Waals surface area contributed by atoms with Gasteiger partial charge in [-0.2, -0.15) is 0 Å². The number of nitrogens with one attached hydrogen (secondary N) is 2. The van der Waals surface area contributed by atoms with E-state index in [1.54, 1.807) is 11.0 Å². The van der Waals surface area contributed by atoms with Crippen molar-refractivity contribution in [2.24, 2.45) is 0 Å². The van der Waals surface area contributed by atoms with E-state index in [0.29, 0.717) is 37.3 Å². The average Bonchev–Trinajstić information content (AvgIpc) is 2.62. The summed E-state index contributed by atoms with van der Waals surface area (Å²) in [6, 6.07) is 7.51. The van der Waals surface area contributed by atoms with Crippen LogP contribution in [0.3, 0.4) is 0 Å². The molecule has 0 atom stereocenters. The van der Waals surface area contributed by atoms with Gasteiger partial charge in [0.2, 0.25) is 11.8 Å². The predicted octanol–water partition coefficient (Wildman–Crippen LogP) is 1.75. The zero-order valence-electron chi connectivity index (χ0n) is 14.3. The summed E-state index contributed by atoms with van der Waals surface area (Å²) < 4.78 is 0. The molecule has 0 spiro atoms. The van der Waals surface area contributed by atoms with E-state index < -0.39 is 6.09 Å². The van der Waals surface area contributed by atoms with E-state index in [1.807, 2.05) is 18.2 Å². The lowest BCUT2D eigenvalue weighted by molar-refractivity contribution is -0.143. The van der Waals surface area contributed by atoms with Gasteiger partial charge in [-0.1, -0.05) is 23.7 Å². The molecule has 1 saturated heterocycles. The Labute approximate surface area is 156 Å². The second-order valence-electron chi connectivity index (χ2n) is 6.98. The number of hydrogen-bond acceptors (Lipinski definition) is 3. The molecule has 140 valence electrons. The second-order valence-corrected chi connectivity index (χ2v) is 7.42. The topological polar surface area (TPSA) is 98.7 Å². The Balaban J connectivity index is 1.77. The molecule has 1 saturated carbocycles. The lowest BCUT2D eigenvalue weighted by Crippen LogP contribution is -2.57. The number of halogens is 1. The van der Waals surface area contributed by atoms with Crippen LogP contribution < -0.4 is 10.6 Å². The van der Waals surface area contributed by atoms with E-state index in [1.165, 1.54) is 0 Å². The second kappa shape index (κ2) is 7.53.